The molecule has 0 spiro atoms. The Morgan fingerprint density at radius 3 is 2.29 bits per heavy atom. The van der Waals surface area contributed by atoms with E-state index in [1.165, 1.54) is 13.2 Å². The van der Waals surface area contributed by atoms with Crippen molar-refractivity contribution in [3.63, 3.8) is 0 Å². The van der Waals surface area contributed by atoms with Crippen LogP contribution in [0.2, 0.25) is 5.02 Å². The van der Waals surface area contributed by atoms with Gasteiger partial charge in [0.25, 0.3) is 0 Å². The summed E-state index contributed by atoms with van der Waals surface area (Å²) < 4.78 is 31.3. The number of rotatable bonds is 7. The first-order valence-electron chi connectivity index (χ1n) is 10.4. The van der Waals surface area contributed by atoms with E-state index in [1.807, 2.05) is 20.8 Å². The van der Waals surface area contributed by atoms with Gasteiger partial charge in [-0.3, -0.25) is 4.79 Å². The second-order valence-corrected chi connectivity index (χ2v) is 12.0. The van der Waals surface area contributed by atoms with Crippen LogP contribution in [0.1, 0.15) is 75.8 Å². The van der Waals surface area contributed by atoms with Crippen molar-refractivity contribution >= 4 is 61.5 Å². The number of ether oxygens (including phenoxy) is 2. The monoisotopic (exact) mass is 566 g/mol. The van der Waals surface area contributed by atoms with Gasteiger partial charge in [-0.25, -0.2) is 13.7 Å². The summed E-state index contributed by atoms with van der Waals surface area (Å²) in [5.41, 5.74) is 0.955. The Labute approximate surface area is 228 Å². The first kappa shape index (κ1) is 33.5. The number of carbonyl (C=O) groups excluding carboxylic acids is 2. The number of hydrogen-bond acceptors (Lipinski definition) is 7. The fourth-order valence-corrected chi connectivity index (χ4v) is 3.98. The van der Waals surface area contributed by atoms with Crippen molar-refractivity contribution in [3.8, 4) is 11.1 Å². The van der Waals surface area contributed by atoms with Crippen LogP contribution in [0.4, 0.5) is 0 Å². The smallest absolute Gasteiger partial charge is 0.338 e. The Balaban J connectivity index is 0.00000578. The van der Waals surface area contributed by atoms with E-state index in [0.717, 1.165) is 0 Å². The molecule has 0 aliphatic rings. The molecule has 1 aromatic heterocycles. The van der Waals surface area contributed by atoms with Gasteiger partial charge in [0, 0.05) is 10.6 Å². The molecule has 198 valence electrons. The molecule has 1 aromatic carbocycles. The third kappa shape index (κ3) is 9.13. The van der Waals surface area contributed by atoms with Crippen molar-refractivity contribution < 1.29 is 27.8 Å². The quantitative estimate of drug-likeness (QED) is 0.462. The highest BCUT2D eigenvalue weighted by Gasteiger charge is 2.33. The second kappa shape index (κ2) is 13.1. The van der Waals surface area contributed by atoms with Crippen LogP contribution < -0.4 is 4.72 Å². The highest BCUT2D eigenvalue weighted by Crippen LogP contribution is 2.37. The van der Waals surface area contributed by atoms with Crippen LogP contribution in [0.25, 0.3) is 11.1 Å². The van der Waals surface area contributed by atoms with Crippen LogP contribution in [0, 0.1) is 6.92 Å². The number of benzene rings is 1. The molecule has 0 amide bonds. The third-order valence-corrected chi connectivity index (χ3v) is 6.30. The van der Waals surface area contributed by atoms with Crippen molar-refractivity contribution in [2.45, 2.75) is 71.3 Å². The maximum atomic E-state index is 12.9. The Kier molecular flexibility index (Phi) is 12.6. The highest BCUT2D eigenvalue weighted by atomic mass is 35.5. The lowest BCUT2D eigenvalue weighted by Gasteiger charge is -2.25. The van der Waals surface area contributed by atoms with E-state index in [1.54, 1.807) is 39.8 Å². The SMILES string of the molecule is COC(=O)c1cc(Cl)ccc1-c1c(C)noc1[C@@H](CC(=O)OC(C)(C)C)NS(=O)C(C)(C)C.S.S. The zero-order valence-electron chi connectivity index (χ0n) is 21.2. The van der Waals surface area contributed by atoms with Crippen molar-refractivity contribution in [2.24, 2.45) is 0 Å². The number of methoxy groups -OCH3 is 1. The van der Waals surface area contributed by atoms with Crippen LogP contribution in [0.15, 0.2) is 22.7 Å². The molecule has 0 fully saturated rings. The molecule has 2 atom stereocenters. The van der Waals surface area contributed by atoms with Gasteiger partial charge in [0.2, 0.25) is 0 Å². The summed E-state index contributed by atoms with van der Waals surface area (Å²) in [7, 11) is -0.269. The largest absolute Gasteiger partial charge is 0.465 e. The van der Waals surface area contributed by atoms with Gasteiger partial charge in [0.1, 0.15) is 5.60 Å². The van der Waals surface area contributed by atoms with Gasteiger partial charge in [-0.2, -0.15) is 27.0 Å². The number of aryl methyl sites for hydroxylation is 1. The van der Waals surface area contributed by atoms with E-state index >= 15 is 0 Å². The zero-order chi connectivity index (χ0) is 25.1. The van der Waals surface area contributed by atoms with Crippen LogP contribution >= 0.6 is 38.6 Å². The number of aromatic nitrogens is 1. The number of carbonyl (C=O) groups is 2. The van der Waals surface area contributed by atoms with Gasteiger partial charge in [-0.1, -0.05) is 22.8 Å². The molecule has 2 rings (SSSR count). The minimum absolute atomic E-state index is 0. The van der Waals surface area contributed by atoms with Gasteiger partial charge in [-0.05, 0) is 60.6 Å². The summed E-state index contributed by atoms with van der Waals surface area (Å²) >= 11 is 6.11. The van der Waals surface area contributed by atoms with E-state index in [-0.39, 0.29) is 44.7 Å². The molecule has 8 nitrogen and oxygen atoms in total. The van der Waals surface area contributed by atoms with Gasteiger partial charge < -0.3 is 14.0 Å². The molecular weight excluding hydrogens is 532 g/mol. The number of halogens is 1. The molecule has 2 aromatic rings. The topological polar surface area (TPSA) is 108 Å². The molecule has 12 heteroatoms. The predicted molar refractivity (Wildman–Crippen MR) is 148 cm³/mol. The van der Waals surface area contributed by atoms with Gasteiger partial charge in [-0.15, -0.1) is 0 Å². The van der Waals surface area contributed by atoms with Crippen molar-refractivity contribution in [1.82, 2.24) is 9.88 Å². The lowest BCUT2D eigenvalue weighted by molar-refractivity contribution is -0.155. The first-order chi connectivity index (χ1) is 15.1. The molecule has 0 saturated heterocycles. The number of esters is 2. The maximum absolute atomic E-state index is 12.9. The molecule has 0 saturated carbocycles. The van der Waals surface area contributed by atoms with Crippen LogP contribution in [0.3, 0.4) is 0 Å². The van der Waals surface area contributed by atoms with Crippen LogP contribution in [-0.2, 0) is 25.3 Å². The summed E-state index contributed by atoms with van der Waals surface area (Å²) in [5.74, 6) is -0.840. The molecule has 1 unspecified atom stereocenters. The number of nitrogens with one attached hydrogen (secondary N) is 1. The molecule has 0 aliphatic carbocycles. The van der Waals surface area contributed by atoms with Crippen molar-refractivity contribution in [2.75, 3.05) is 7.11 Å². The summed E-state index contributed by atoms with van der Waals surface area (Å²) in [6.45, 7) is 12.4. The van der Waals surface area contributed by atoms with Gasteiger partial charge in [0.15, 0.2) is 5.76 Å². The second-order valence-electron chi connectivity index (χ2n) is 9.53. The predicted octanol–water partition coefficient (Wildman–Crippen LogP) is 5.14. The summed E-state index contributed by atoms with van der Waals surface area (Å²) in [6.07, 6.45) is -0.165. The average Bonchev–Trinajstić information content (AvgIpc) is 3.05. The fraction of sp³-hybridized carbons (Fsp3) is 0.522. The third-order valence-electron chi connectivity index (χ3n) is 4.46. The summed E-state index contributed by atoms with van der Waals surface area (Å²) in [6, 6.07) is 3.94. The van der Waals surface area contributed by atoms with Crippen LogP contribution in [-0.4, -0.2) is 38.8 Å². The van der Waals surface area contributed by atoms with E-state index in [2.05, 4.69) is 9.88 Å². The Morgan fingerprint density at radius 1 is 1.17 bits per heavy atom. The Morgan fingerprint density at radius 2 is 1.77 bits per heavy atom. The first-order valence-corrected chi connectivity index (χ1v) is 11.9. The minimum Gasteiger partial charge on any atom is -0.465 e. The Hall–Kier alpha value is -1.53. The summed E-state index contributed by atoms with van der Waals surface area (Å²) in [5, 5.41) is 4.42. The van der Waals surface area contributed by atoms with E-state index in [4.69, 9.17) is 25.6 Å². The maximum Gasteiger partial charge on any atom is 0.338 e. The minimum atomic E-state index is -1.54. The van der Waals surface area contributed by atoms with Gasteiger partial charge in [0.05, 0.1) is 52.1 Å². The zero-order valence-corrected chi connectivity index (χ0v) is 24.8. The van der Waals surface area contributed by atoms with E-state index < -0.39 is 39.3 Å². The van der Waals surface area contributed by atoms with Gasteiger partial charge >= 0.3 is 11.9 Å². The average molecular weight is 567 g/mol. The number of hydrogen-bond donors (Lipinski definition) is 1. The molecule has 0 aliphatic heterocycles. The molecular formula is C23H35ClN2O6S3. The molecule has 1 heterocycles. The fourth-order valence-electron chi connectivity index (χ4n) is 3.01. The standard InChI is InChI=1S/C23H31ClN2O6S.2H2S/c1-13-19(15-10-9-14(24)11-16(15)21(28)30-8)20(32-25-13)17(26-33(29)23(5,6)7)12-18(27)31-22(2,3)4;;/h9-11,17,26H,12H2,1-8H3;2*1H2/t17-,33?;;/m1../s1. The molecule has 0 radical (unpaired) electrons. The molecule has 1 N–H and O–H groups in total. The van der Waals surface area contributed by atoms with Crippen molar-refractivity contribution in [1.29, 1.82) is 0 Å². The van der Waals surface area contributed by atoms with Crippen LogP contribution in [0.5, 0.6) is 0 Å². The number of nitrogens with zero attached hydrogens (tertiary/aromatic N) is 1. The lowest BCUT2D eigenvalue weighted by atomic mass is 9.95. The van der Waals surface area contributed by atoms with E-state index in [0.29, 0.717) is 21.8 Å². The lowest BCUT2D eigenvalue weighted by Crippen LogP contribution is -2.37. The normalized spacial score (nSPS) is 13.2. The van der Waals surface area contributed by atoms with Crippen molar-refractivity contribution in [3.05, 3.63) is 40.2 Å². The molecule has 0 bridgehead atoms. The highest BCUT2D eigenvalue weighted by molar-refractivity contribution is 7.84. The molecule has 35 heavy (non-hydrogen) atoms. The Bertz CT molecular complexity index is 1060. The summed E-state index contributed by atoms with van der Waals surface area (Å²) in [4.78, 5) is 25.1. The van der Waals surface area contributed by atoms with E-state index in [9.17, 15) is 13.8 Å².